The highest BCUT2D eigenvalue weighted by Gasteiger charge is 2.40. The van der Waals surface area contributed by atoms with Gasteiger partial charge in [-0.05, 0) is 54.4 Å². The summed E-state index contributed by atoms with van der Waals surface area (Å²) in [5.74, 6) is 2.62. The van der Waals surface area contributed by atoms with Gasteiger partial charge >= 0.3 is 0 Å². The summed E-state index contributed by atoms with van der Waals surface area (Å²) < 4.78 is 0. The van der Waals surface area contributed by atoms with E-state index in [0.717, 1.165) is 17.8 Å². The van der Waals surface area contributed by atoms with E-state index in [1.54, 1.807) is 0 Å². The fourth-order valence-electron chi connectivity index (χ4n) is 3.71. The van der Waals surface area contributed by atoms with Gasteiger partial charge < -0.3 is 5.32 Å². The zero-order chi connectivity index (χ0) is 14.8. The van der Waals surface area contributed by atoms with Crippen molar-refractivity contribution >= 4 is 0 Å². The van der Waals surface area contributed by atoms with Crippen LogP contribution in [-0.2, 0) is 0 Å². The Kier molecular flexibility index (Phi) is 5.52. The van der Waals surface area contributed by atoms with Gasteiger partial charge in [-0.3, -0.25) is 0 Å². The molecule has 1 fully saturated rings. The number of hydrogen-bond donors (Lipinski definition) is 1. The van der Waals surface area contributed by atoms with Crippen molar-refractivity contribution in [3.05, 3.63) is 0 Å². The normalized spacial score (nSPS) is 29.8. The monoisotopic (exact) mass is 267 g/mol. The van der Waals surface area contributed by atoms with Crippen LogP contribution >= 0.6 is 0 Å². The van der Waals surface area contributed by atoms with Gasteiger partial charge in [0.05, 0.1) is 0 Å². The van der Waals surface area contributed by atoms with Gasteiger partial charge in [0.2, 0.25) is 0 Å². The highest BCUT2D eigenvalue weighted by Crippen LogP contribution is 2.48. The van der Waals surface area contributed by atoms with E-state index in [9.17, 15) is 0 Å². The smallest absolute Gasteiger partial charge is 0.00104 e. The average molecular weight is 268 g/mol. The maximum absolute atomic E-state index is 3.67. The Morgan fingerprint density at radius 2 is 1.53 bits per heavy atom. The van der Waals surface area contributed by atoms with Crippen LogP contribution in [0.1, 0.15) is 74.7 Å². The molecule has 1 saturated carbocycles. The minimum absolute atomic E-state index is 0.438. The average Bonchev–Trinajstić information content (AvgIpc) is 2.23. The predicted molar refractivity (Wildman–Crippen MR) is 86.4 cm³/mol. The Bertz CT molecular complexity index is 266. The minimum atomic E-state index is 0.438. The first-order valence-electron chi connectivity index (χ1n) is 8.25. The van der Waals surface area contributed by atoms with Gasteiger partial charge in [-0.2, -0.15) is 0 Å². The standard InChI is InChI=1S/C18H37N/c1-13(2)19-12-14-9-10-15(17(3,4)5)11-16(14)18(6,7)8/h13-16,19H,9-12H2,1-8H3. The molecule has 0 aliphatic heterocycles. The highest BCUT2D eigenvalue weighted by atomic mass is 14.9. The van der Waals surface area contributed by atoms with Crippen molar-refractivity contribution < 1.29 is 0 Å². The van der Waals surface area contributed by atoms with E-state index in [2.05, 4.69) is 60.7 Å². The van der Waals surface area contributed by atoms with Gasteiger partial charge in [0, 0.05) is 6.04 Å². The number of hydrogen-bond acceptors (Lipinski definition) is 1. The summed E-state index contributed by atoms with van der Waals surface area (Å²) in [6.45, 7) is 20.3. The molecule has 114 valence electrons. The summed E-state index contributed by atoms with van der Waals surface area (Å²) in [4.78, 5) is 0. The first-order chi connectivity index (χ1) is 8.51. The molecule has 3 atom stereocenters. The van der Waals surface area contributed by atoms with Gasteiger partial charge in [0.25, 0.3) is 0 Å². The molecular weight excluding hydrogens is 230 g/mol. The Morgan fingerprint density at radius 1 is 0.947 bits per heavy atom. The Morgan fingerprint density at radius 3 is 1.95 bits per heavy atom. The van der Waals surface area contributed by atoms with Crippen LogP contribution in [0.5, 0.6) is 0 Å². The summed E-state index contributed by atoms with van der Waals surface area (Å²) in [5, 5.41) is 3.67. The second kappa shape index (κ2) is 6.16. The molecule has 1 heteroatoms. The van der Waals surface area contributed by atoms with E-state index in [1.807, 2.05) is 0 Å². The Labute approximate surface area is 121 Å². The van der Waals surface area contributed by atoms with Crippen LogP contribution in [0.3, 0.4) is 0 Å². The molecule has 0 amide bonds. The van der Waals surface area contributed by atoms with Gasteiger partial charge in [-0.1, -0.05) is 55.4 Å². The molecule has 0 radical (unpaired) electrons. The van der Waals surface area contributed by atoms with Gasteiger partial charge in [0.1, 0.15) is 0 Å². The molecule has 0 heterocycles. The van der Waals surface area contributed by atoms with Crippen LogP contribution in [-0.4, -0.2) is 12.6 Å². The molecular formula is C18H37N. The summed E-state index contributed by atoms with van der Waals surface area (Å²) in [7, 11) is 0. The Hall–Kier alpha value is -0.0400. The first kappa shape index (κ1) is 17.0. The molecule has 0 saturated heterocycles. The number of nitrogens with one attached hydrogen (secondary N) is 1. The summed E-state index contributed by atoms with van der Waals surface area (Å²) in [6, 6.07) is 0.612. The summed E-state index contributed by atoms with van der Waals surface area (Å²) >= 11 is 0. The first-order valence-corrected chi connectivity index (χ1v) is 8.25. The third-order valence-corrected chi connectivity index (χ3v) is 5.12. The molecule has 1 rings (SSSR count). The molecule has 0 spiro atoms. The maximum atomic E-state index is 3.67. The van der Waals surface area contributed by atoms with Gasteiger partial charge in [-0.15, -0.1) is 0 Å². The van der Waals surface area contributed by atoms with E-state index < -0.39 is 0 Å². The molecule has 19 heavy (non-hydrogen) atoms. The fourth-order valence-corrected chi connectivity index (χ4v) is 3.71. The zero-order valence-electron chi connectivity index (χ0n) is 14.6. The molecule has 1 N–H and O–H groups in total. The molecule has 1 nitrogen and oxygen atoms in total. The summed E-state index contributed by atoms with van der Waals surface area (Å²) in [5.41, 5.74) is 0.910. The lowest BCUT2D eigenvalue weighted by molar-refractivity contribution is 0.0345. The second-order valence-electron chi connectivity index (χ2n) is 9.17. The van der Waals surface area contributed by atoms with Crippen molar-refractivity contribution in [3.63, 3.8) is 0 Å². The van der Waals surface area contributed by atoms with Crippen LogP contribution in [0.15, 0.2) is 0 Å². The molecule has 0 aromatic rings. The lowest BCUT2D eigenvalue weighted by atomic mass is 9.59. The third kappa shape index (κ3) is 5.10. The van der Waals surface area contributed by atoms with E-state index in [0.29, 0.717) is 16.9 Å². The van der Waals surface area contributed by atoms with E-state index >= 15 is 0 Å². The molecule has 0 bridgehead atoms. The quantitative estimate of drug-likeness (QED) is 0.749. The third-order valence-electron chi connectivity index (χ3n) is 5.12. The van der Waals surface area contributed by atoms with Crippen molar-refractivity contribution in [2.24, 2.45) is 28.6 Å². The number of rotatable bonds is 3. The van der Waals surface area contributed by atoms with Crippen LogP contribution < -0.4 is 5.32 Å². The Balaban J connectivity index is 2.73. The molecule has 1 aliphatic carbocycles. The summed E-state index contributed by atoms with van der Waals surface area (Å²) in [6.07, 6.45) is 4.24. The van der Waals surface area contributed by atoms with Crippen LogP contribution in [0.2, 0.25) is 0 Å². The molecule has 0 aromatic heterocycles. The zero-order valence-corrected chi connectivity index (χ0v) is 14.6. The van der Waals surface area contributed by atoms with Crippen LogP contribution in [0.25, 0.3) is 0 Å². The molecule has 3 unspecified atom stereocenters. The van der Waals surface area contributed by atoms with Crippen molar-refractivity contribution in [2.75, 3.05) is 6.54 Å². The maximum Gasteiger partial charge on any atom is 0.00104 e. The van der Waals surface area contributed by atoms with Gasteiger partial charge in [-0.25, -0.2) is 0 Å². The van der Waals surface area contributed by atoms with Crippen molar-refractivity contribution in [1.82, 2.24) is 5.32 Å². The van der Waals surface area contributed by atoms with Crippen molar-refractivity contribution in [3.8, 4) is 0 Å². The van der Waals surface area contributed by atoms with Crippen molar-refractivity contribution in [2.45, 2.75) is 80.7 Å². The molecule has 1 aliphatic rings. The van der Waals surface area contributed by atoms with E-state index in [4.69, 9.17) is 0 Å². The topological polar surface area (TPSA) is 12.0 Å². The predicted octanol–water partition coefficient (Wildman–Crippen LogP) is 5.11. The van der Waals surface area contributed by atoms with Crippen molar-refractivity contribution in [1.29, 1.82) is 0 Å². The lowest BCUT2D eigenvalue weighted by Crippen LogP contribution is -2.43. The largest absolute Gasteiger partial charge is 0.314 e. The van der Waals surface area contributed by atoms with Gasteiger partial charge in [0.15, 0.2) is 0 Å². The highest BCUT2D eigenvalue weighted by molar-refractivity contribution is 4.91. The van der Waals surface area contributed by atoms with E-state index in [-0.39, 0.29) is 0 Å². The minimum Gasteiger partial charge on any atom is -0.314 e. The fraction of sp³-hybridized carbons (Fsp3) is 1.00. The van der Waals surface area contributed by atoms with E-state index in [1.165, 1.54) is 25.8 Å². The van der Waals surface area contributed by atoms with Crippen LogP contribution in [0.4, 0.5) is 0 Å². The molecule has 0 aromatic carbocycles. The lowest BCUT2D eigenvalue weighted by Gasteiger charge is -2.47. The van der Waals surface area contributed by atoms with Crippen LogP contribution in [0, 0.1) is 28.6 Å². The SMILES string of the molecule is CC(C)NCC1CCC(C(C)(C)C)CC1C(C)(C)C. The second-order valence-corrected chi connectivity index (χ2v) is 9.17.